The van der Waals surface area contributed by atoms with E-state index in [1.807, 2.05) is 11.4 Å². The summed E-state index contributed by atoms with van der Waals surface area (Å²) >= 11 is 1.43. The summed E-state index contributed by atoms with van der Waals surface area (Å²) in [6, 6.07) is 3.65. The number of amides is 2. The molecule has 0 aliphatic carbocycles. The van der Waals surface area contributed by atoms with Crippen molar-refractivity contribution in [3.8, 4) is 0 Å². The van der Waals surface area contributed by atoms with Gasteiger partial charge in [0.2, 0.25) is 5.91 Å². The van der Waals surface area contributed by atoms with E-state index in [4.69, 9.17) is 0 Å². The molecule has 0 radical (unpaired) electrons. The fourth-order valence-corrected chi connectivity index (χ4v) is 2.26. The fraction of sp³-hybridized carbons (Fsp3) is 0.500. The minimum atomic E-state index is -0.0421. The molecule has 0 saturated carbocycles. The van der Waals surface area contributed by atoms with E-state index in [9.17, 15) is 9.59 Å². The highest BCUT2D eigenvalue weighted by molar-refractivity contribution is 7.12. The van der Waals surface area contributed by atoms with E-state index in [0.717, 1.165) is 24.4 Å². The maximum absolute atomic E-state index is 11.6. The zero-order chi connectivity index (χ0) is 12.8. The normalized spacial score (nSPS) is 14.9. The van der Waals surface area contributed by atoms with Crippen LogP contribution < -0.4 is 16.0 Å². The summed E-state index contributed by atoms with van der Waals surface area (Å²) in [4.78, 5) is 23.8. The van der Waals surface area contributed by atoms with Gasteiger partial charge in [-0.2, -0.15) is 0 Å². The van der Waals surface area contributed by atoms with Crippen LogP contribution in [0.1, 0.15) is 16.1 Å². The van der Waals surface area contributed by atoms with Crippen LogP contribution in [0.2, 0.25) is 0 Å². The average molecular weight is 267 g/mol. The second kappa shape index (κ2) is 6.51. The summed E-state index contributed by atoms with van der Waals surface area (Å²) < 4.78 is 0. The summed E-state index contributed by atoms with van der Waals surface area (Å²) in [5.74, 6) is 0.198. The van der Waals surface area contributed by atoms with Crippen molar-refractivity contribution in [2.24, 2.45) is 5.92 Å². The number of carbonyl (C=O) groups is 2. The Morgan fingerprint density at radius 2 is 2.11 bits per heavy atom. The summed E-state index contributed by atoms with van der Waals surface area (Å²) in [6.45, 7) is 2.75. The largest absolute Gasteiger partial charge is 0.356 e. The Balaban J connectivity index is 1.53. The second-order valence-corrected chi connectivity index (χ2v) is 5.18. The van der Waals surface area contributed by atoms with Crippen molar-refractivity contribution in [3.63, 3.8) is 0 Å². The molecule has 0 bridgehead atoms. The Labute approximate surface area is 110 Å². The Kier molecular flexibility index (Phi) is 4.72. The first kappa shape index (κ1) is 13.0. The van der Waals surface area contributed by atoms with Crippen molar-refractivity contribution < 1.29 is 9.59 Å². The lowest BCUT2D eigenvalue weighted by atomic mass is 10.0. The molecule has 0 unspecified atom stereocenters. The highest BCUT2D eigenvalue weighted by Crippen LogP contribution is 2.07. The molecule has 0 atom stereocenters. The maximum atomic E-state index is 11.6. The van der Waals surface area contributed by atoms with Crippen LogP contribution in [0, 0.1) is 5.92 Å². The standard InChI is InChI=1S/C12H17N3O2S/c16-11(9-7-13-8-9)14-4-2-5-15-12(17)10-3-1-6-18-10/h1,3,6,9,13H,2,4-5,7-8H2,(H,14,16)(H,15,17). The van der Waals surface area contributed by atoms with Crippen molar-refractivity contribution in [3.05, 3.63) is 22.4 Å². The highest BCUT2D eigenvalue weighted by atomic mass is 32.1. The Bertz CT molecular complexity index is 401. The van der Waals surface area contributed by atoms with Gasteiger partial charge in [0.05, 0.1) is 10.8 Å². The molecule has 1 aliphatic rings. The van der Waals surface area contributed by atoms with Gasteiger partial charge in [-0.3, -0.25) is 9.59 Å². The van der Waals surface area contributed by atoms with Gasteiger partial charge >= 0.3 is 0 Å². The molecule has 1 aromatic heterocycles. The zero-order valence-electron chi connectivity index (χ0n) is 10.1. The van der Waals surface area contributed by atoms with E-state index in [1.54, 1.807) is 6.07 Å². The van der Waals surface area contributed by atoms with Crippen molar-refractivity contribution in [2.75, 3.05) is 26.2 Å². The molecule has 2 heterocycles. The van der Waals surface area contributed by atoms with Crippen LogP contribution in [0.3, 0.4) is 0 Å². The van der Waals surface area contributed by atoms with Crippen molar-refractivity contribution in [2.45, 2.75) is 6.42 Å². The van der Waals surface area contributed by atoms with Gasteiger partial charge in [-0.25, -0.2) is 0 Å². The van der Waals surface area contributed by atoms with Gasteiger partial charge < -0.3 is 16.0 Å². The molecule has 18 heavy (non-hydrogen) atoms. The second-order valence-electron chi connectivity index (χ2n) is 4.23. The van der Waals surface area contributed by atoms with Crippen molar-refractivity contribution in [1.82, 2.24) is 16.0 Å². The maximum Gasteiger partial charge on any atom is 0.261 e. The third kappa shape index (κ3) is 3.54. The fourth-order valence-electron chi connectivity index (χ4n) is 1.62. The molecule has 0 aromatic carbocycles. The van der Waals surface area contributed by atoms with E-state index in [1.165, 1.54) is 11.3 Å². The van der Waals surface area contributed by atoms with Crippen LogP contribution >= 0.6 is 11.3 Å². The topological polar surface area (TPSA) is 70.2 Å². The number of thiophene rings is 1. The molecule has 1 aromatic rings. The van der Waals surface area contributed by atoms with Gasteiger partial charge in [0.15, 0.2) is 0 Å². The lowest BCUT2D eigenvalue weighted by Crippen LogP contribution is -2.51. The predicted molar refractivity (Wildman–Crippen MR) is 70.6 cm³/mol. The van der Waals surface area contributed by atoms with Gasteiger partial charge in [0, 0.05) is 26.2 Å². The van der Waals surface area contributed by atoms with E-state index >= 15 is 0 Å². The lowest BCUT2D eigenvalue weighted by Gasteiger charge is -2.25. The first-order valence-electron chi connectivity index (χ1n) is 6.07. The van der Waals surface area contributed by atoms with Crippen LogP contribution in [0.25, 0.3) is 0 Å². The molecule has 5 nitrogen and oxygen atoms in total. The molecule has 0 spiro atoms. The lowest BCUT2D eigenvalue weighted by molar-refractivity contribution is -0.126. The number of rotatable bonds is 6. The van der Waals surface area contributed by atoms with Crippen LogP contribution in [0.4, 0.5) is 0 Å². The summed E-state index contributed by atoms with van der Waals surface area (Å²) in [5, 5.41) is 10.6. The average Bonchev–Trinajstić information content (AvgIpc) is 2.79. The molecule has 1 saturated heterocycles. The third-order valence-electron chi connectivity index (χ3n) is 2.84. The number of hydrogen-bond acceptors (Lipinski definition) is 4. The zero-order valence-corrected chi connectivity index (χ0v) is 10.9. The van der Waals surface area contributed by atoms with Crippen molar-refractivity contribution >= 4 is 23.2 Å². The third-order valence-corrected chi connectivity index (χ3v) is 3.70. The van der Waals surface area contributed by atoms with Crippen LogP contribution in [0.5, 0.6) is 0 Å². The molecule has 1 fully saturated rings. The molecule has 2 rings (SSSR count). The van der Waals surface area contributed by atoms with Crippen LogP contribution in [-0.2, 0) is 4.79 Å². The number of carbonyl (C=O) groups excluding carboxylic acids is 2. The minimum Gasteiger partial charge on any atom is -0.356 e. The van der Waals surface area contributed by atoms with Crippen LogP contribution in [-0.4, -0.2) is 38.0 Å². The molecular weight excluding hydrogens is 250 g/mol. The van der Waals surface area contributed by atoms with Gasteiger partial charge in [0.25, 0.3) is 5.91 Å². The summed E-state index contributed by atoms with van der Waals surface area (Å²) in [5.41, 5.74) is 0. The summed E-state index contributed by atoms with van der Waals surface area (Å²) in [6.07, 6.45) is 0.753. The highest BCUT2D eigenvalue weighted by Gasteiger charge is 2.23. The van der Waals surface area contributed by atoms with E-state index in [0.29, 0.717) is 13.1 Å². The molecule has 2 amide bonds. The minimum absolute atomic E-state index is 0.0421. The van der Waals surface area contributed by atoms with Gasteiger partial charge in [-0.05, 0) is 17.9 Å². The molecule has 98 valence electrons. The molecule has 6 heteroatoms. The quantitative estimate of drug-likeness (QED) is 0.645. The van der Waals surface area contributed by atoms with Crippen LogP contribution in [0.15, 0.2) is 17.5 Å². The van der Waals surface area contributed by atoms with Crippen molar-refractivity contribution in [1.29, 1.82) is 0 Å². The molecule has 1 aliphatic heterocycles. The van der Waals surface area contributed by atoms with E-state index in [2.05, 4.69) is 16.0 Å². The summed E-state index contributed by atoms with van der Waals surface area (Å²) in [7, 11) is 0. The van der Waals surface area contributed by atoms with Gasteiger partial charge in [-0.1, -0.05) is 6.07 Å². The van der Waals surface area contributed by atoms with Gasteiger partial charge in [-0.15, -0.1) is 11.3 Å². The molecule has 3 N–H and O–H groups in total. The van der Waals surface area contributed by atoms with Gasteiger partial charge in [0.1, 0.15) is 0 Å². The Morgan fingerprint density at radius 1 is 1.33 bits per heavy atom. The first-order valence-corrected chi connectivity index (χ1v) is 6.95. The molecular formula is C12H17N3O2S. The van der Waals surface area contributed by atoms with E-state index in [-0.39, 0.29) is 17.7 Å². The number of hydrogen-bond donors (Lipinski definition) is 3. The van der Waals surface area contributed by atoms with E-state index < -0.39 is 0 Å². The SMILES string of the molecule is O=C(NCCCNC(=O)C1CNC1)c1cccs1. The number of nitrogens with one attached hydrogen (secondary N) is 3. The Morgan fingerprint density at radius 3 is 2.72 bits per heavy atom. The Hall–Kier alpha value is -1.40. The predicted octanol–water partition coefficient (Wildman–Crippen LogP) is 0.204. The smallest absolute Gasteiger partial charge is 0.261 e. The monoisotopic (exact) mass is 267 g/mol. The first-order chi connectivity index (χ1) is 8.77.